The van der Waals surface area contributed by atoms with Crippen molar-refractivity contribution in [3.05, 3.63) is 35.9 Å². The minimum Gasteiger partial charge on any atom is -0.335 e. The van der Waals surface area contributed by atoms with Gasteiger partial charge in [-0.25, -0.2) is 0 Å². The van der Waals surface area contributed by atoms with Gasteiger partial charge in [0.2, 0.25) is 5.91 Å². The van der Waals surface area contributed by atoms with Crippen molar-refractivity contribution in [3.8, 4) is 6.07 Å². The van der Waals surface area contributed by atoms with E-state index in [2.05, 4.69) is 11.4 Å². The first kappa shape index (κ1) is 12.6. The van der Waals surface area contributed by atoms with Crippen molar-refractivity contribution >= 4 is 5.91 Å². The Labute approximate surface area is 107 Å². The Hall–Kier alpha value is -1.86. The minimum atomic E-state index is -0.359. The van der Waals surface area contributed by atoms with Crippen LogP contribution in [0.25, 0.3) is 0 Å². The molecule has 0 aromatic heterocycles. The van der Waals surface area contributed by atoms with Crippen LogP contribution in [-0.4, -0.2) is 29.4 Å². The average Bonchev–Trinajstić information content (AvgIpc) is 2.36. The van der Waals surface area contributed by atoms with Crippen LogP contribution < -0.4 is 5.32 Å². The Kier molecular flexibility index (Phi) is 3.96. The molecule has 1 heterocycles. The molecule has 0 aliphatic carbocycles. The molecule has 1 saturated heterocycles. The fourth-order valence-electron chi connectivity index (χ4n) is 2.29. The maximum absolute atomic E-state index is 12.2. The second-order valence-corrected chi connectivity index (χ2v) is 4.69. The molecule has 18 heavy (non-hydrogen) atoms. The van der Waals surface area contributed by atoms with Crippen LogP contribution in [0.5, 0.6) is 0 Å². The molecule has 4 heteroatoms. The maximum atomic E-state index is 12.2. The topological polar surface area (TPSA) is 56.1 Å². The van der Waals surface area contributed by atoms with Crippen molar-refractivity contribution in [2.45, 2.75) is 32.0 Å². The Balaban J connectivity index is 2.07. The third kappa shape index (κ3) is 2.88. The van der Waals surface area contributed by atoms with Crippen molar-refractivity contribution in [2.24, 2.45) is 0 Å². The van der Waals surface area contributed by atoms with E-state index in [0.717, 1.165) is 5.56 Å². The van der Waals surface area contributed by atoms with Crippen LogP contribution in [0.15, 0.2) is 30.3 Å². The number of amides is 1. The number of hydrogen-bond donors (Lipinski definition) is 1. The summed E-state index contributed by atoms with van der Waals surface area (Å²) in [5.41, 5.74) is 1.12. The SMILES string of the molecule is CC1CN(Cc2ccccc2)C(=O)C(CC#N)N1. The molecular weight excluding hydrogens is 226 g/mol. The molecular formula is C14H17N3O. The lowest BCUT2D eigenvalue weighted by Gasteiger charge is -2.36. The summed E-state index contributed by atoms with van der Waals surface area (Å²) in [5.74, 6) is 0.0264. The quantitative estimate of drug-likeness (QED) is 0.870. The number of benzene rings is 1. The first-order valence-electron chi connectivity index (χ1n) is 6.16. The van der Waals surface area contributed by atoms with Crippen LogP contribution in [0.3, 0.4) is 0 Å². The Bertz CT molecular complexity index is 452. The highest BCUT2D eigenvalue weighted by molar-refractivity contribution is 5.83. The second kappa shape index (κ2) is 5.65. The zero-order chi connectivity index (χ0) is 13.0. The number of rotatable bonds is 3. The van der Waals surface area contributed by atoms with Crippen molar-refractivity contribution in [3.63, 3.8) is 0 Å². The summed E-state index contributed by atoms with van der Waals surface area (Å²) in [6, 6.07) is 11.9. The molecule has 4 nitrogen and oxygen atoms in total. The van der Waals surface area contributed by atoms with Gasteiger partial charge in [0, 0.05) is 19.1 Å². The van der Waals surface area contributed by atoms with Crippen LogP contribution in [-0.2, 0) is 11.3 Å². The highest BCUT2D eigenvalue weighted by Crippen LogP contribution is 2.13. The van der Waals surface area contributed by atoms with Gasteiger partial charge in [-0.3, -0.25) is 4.79 Å². The van der Waals surface area contributed by atoms with E-state index < -0.39 is 0 Å². The fourth-order valence-corrected chi connectivity index (χ4v) is 2.29. The summed E-state index contributed by atoms with van der Waals surface area (Å²) in [5, 5.41) is 11.9. The summed E-state index contributed by atoms with van der Waals surface area (Å²) in [6.07, 6.45) is 0.231. The molecule has 2 rings (SSSR count). The van der Waals surface area contributed by atoms with Crippen molar-refractivity contribution in [1.82, 2.24) is 10.2 Å². The number of nitrogens with zero attached hydrogens (tertiary/aromatic N) is 2. The summed E-state index contributed by atoms with van der Waals surface area (Å²) >= 11 is 0. The van der Waals surface area contributed by atoms with Crippen LogP contribution >= 0.6 is 0 Å². The number of nitrogens with one attached hydrogen (secondary N) is 1. The predicted octanol–water partition coefficient (Wildman–Crippen LogP) is 1.29. The van der Waals surface area contributed by atoms with E-state index in [0.29, 0.717) is 13.1 Å². The first-order valence-corrected chi connectivity index (χ1v) is 6.16. The Morgan fingerprint density at radius 2 is 2.17 bits per heavy atom. The fraction of sp³-hybridized carbons (Fsp3) is 0.429. The lowest BCUT2D eigenvalue weighted by molar-refractivity contribution is -0.137. The van der Waals surface area contributed by atoms with Gasteiger partial charge >= 0.3 is 0 Å². The molecule has 0 saturated carbocycles. The molecule has 0 bridgehead atoms. The van der Waals surface area contributed by atoms with E-state index in [4.69, 9.17) is 5.26 Å². The standard InChI is InChI=1S/C14H17N3O/c1-11-9-17(10-12-5-3-2-4-6-12)14(18)13(16-11)7-8-15/h2-6,11,13,16H,7,9-10H2,1H3. The van der Waals surface area contributed by atoms with Crippen LogP contribution in [0.1, 0.15) is 18.9 Å². The van der Waals surface area contributed by atoms with Gasteiger partial charge in [-0.05, 0) is 12.5 Å². The van der Waals surface area contributed by atoms with Gasteiger partial charge in [-0.15, -0.1) is 0 Å². The summed E-state index contributed by atoms with van der Waals surface area (Å²) in [6.45, 7) is 3.35. The highest BCUT2D eigenvalue weighted by Gasteiger charge is 2.31. The zero-order valence-electron chi connectivity index (χ0n) is 10.5. The van der Waals surface area contributed by atoms with E-state index in [1.807, 2.05) is 42.2 Å². The summed E-state index contributed by atoms with van der Waals surface area (Å²) < 4.78 is 0. The van der Waals surface area contributed by atoms with Gasteiger partial charge in [-0.2, -0.15) is 5.26 Å². The van der Waals surface area contributed by atoms with E-state index in [9.17, 15) is 4.79 Å². The molecule has 2 atom stereocenters. The predicted molar refractivity (Wildman–Crippen MR) is 68.5 cm³/mol. The second-order valence-electron chi connectivity index (χ2n) is 4.69. The van der Waals surface area contributed by atoms with Gasteiger partial charge in [0.1, 0.15) is 6.04 Å². The zero-order valence-corrected chi connectivity index (χ0v) is 10.5. The maximum Gasteiger partial charge on any atom is 0.241 e. The number of carbonyl (C=O) groups excluding carboxylic acids is 1. The third-order valence-corrected chi connectivity index (χ3v) is 3.10. The van der Waals surface area contributed by atoms with Crippen LogP contribution in [0, 0.1) is 11.3 Å². The molecule has 1 aromatic carbocycles. The summed E-state index contributed by atoms with van der Waals surface area (Å²) in [4.78, 5) is 14.0. The first-order chi connectivity index (χ1) is 8.70. The van der Waals surface area contributed by atoms with Crippen molar-refractivity contribution in [1.29, 1.82) is 5.26 Å². The Morgan fingerprint density at radius 1 is 1.44 bits per heavy atom. The number of piperazine rings is 1. The van der Waals surface area contributed by atoms with Gasteiger partial charge in [0.15, 0.2) is 0 Å². The largest absolute Gasteiger partial charge is 0.335 e. The molecule has 1 N–H and O–H groups in total. The van der Waals surface area contributed by atoms with Crippen LogP contribution in [0.2, 0.25) is 0 Å². The van der Waals surface area contributed by atoms with Gasteiger partial charge < -0.3 is 10.2 Å². The monoisotopic (exact) mass is 243 g/mol. The van der Waals surface area contributed by atoms with Gasteiger partial charge in [0.05, 0.1) is 12.5 Å². The lowest BCUT2D eigenvalue weighted by Crippen LogP contribution is -2.58. The number of carbonyl (C=O) groups is 1. The van der Waals surface area contributed by atoms with Gasteiger partial charge in [0.25, 0.3) is 0 Å². The van der Waals surface area contributed by atoms with E-state index in [-0.39, 0.29) is 24.4 Å². The molecule has 1 fully saturated rings. The van der Waals surface area contributed by atoms with E-state index in [1.54, 1.807) is 0 Å². The molecule has 1 aliphatic heterocycles. The summed E-state index contributed by atoms with van der Waals surface area (Å²) in [7, 11) is 0. The lowest BCUT2D eigenvalue weighted by atomic mass is 10.1. The number of nitriles is 1. The van der Waals surface area contributed by atoms with Crippen LogP contribution in [0.4, 0.5) is 0 Å². The third-order valence-electron chi connectivity index (χ3n) is 3.10. The average molecular weight is 243 g/mol. The molecule has 1 aliphatic rings. The molecule has 0 radical (unpaired) electrons. The molecule has 94 valence electrons. The van der Waals surface area contributed by atoms with E-state index in [1.165, 1.54) is 0 Å². The molecule has 0 spiro atoms. The molecule has 2 unspecified atom stereocenters. The van der Waals surface area contributed by atoms with Gasteiger partial charge in [-0.1, -0.05) is 30.3 Å². The number of hydrogen-bond acceptors (Lipinski definition) is 3. The van der Waals surface area contributed by atoms with Crippen molar-refractivity contribution < 1.29 is 4.79 Å². The van der Waals surface area contributed by atoms with E-state index >= 15 is 0 Å². The molecule has 1 amide bonds. The normalized spacial score (nSPS) is 23.8. The van der Waals surface area contributed by atoms with Crippen molar-refractivity contribution in [2.75, 3.05) is 6.54 Å². The smallest absolute Gasteiger partial charge is 0.241 e. The Morgan fingerprint density at radius 3 is 2.83 bits per heavy atom. The highest BCUT2D eigenvalue weighted by atomic mass is 16.2. The molecule has 1 aromatic rings. The minimum absolute atomic E-state index is 0.0264.